The van der Waals surface area contributed by atoms with Crippen molar-refractivity contribution < 1.29 is 19.1 Å². The summed E-state index contributed by atoms with van der Waals surface area (Å²) in [5.41, 5.74) is 0.966. The van der Waals surface area contributed by atoms with E-state index in [-0.39, 0.29) is 30.9 Å². The fraction of sp³-hybridized carbons (Fsp3) is 0.476. The van der Waals surface area contributed by atoms with Gasteiger partial charge in [0.1, 0.15) is 0 Å². The number of methoxy groups -OCH3 is 1. The van der Waals surface area contributed by atoms with E-state index < -0.39 is 0 Å². The molecule has 0 saturated heterocycles. The summed E-state index contributed by atoms with van der Waals surface area (Å²) >= 11 is 1.42. The van der Waals surface area contributed by atoms with Gasteiger partial charge in [0, 0.05) is 24.4 Å². The van der Waals surface area contributed by atoms with Crippen molar-refractivity contribution in [2.45, 2.75) is 45.1 Å². The first-order valence-electron chi connectivity index (χ1n) is 9.78. The second-order valence-electron chi connectivity index (χ2n) is 7.29. The maximum atomic E-state index is 12.7. The highest BCUT2D eigenvalue weighted by atomic mass is 32.1. The number of carbonyl (C=O) groups is 2. The Morgan fingerprint density at radius 1 is 1.28 bits per heavy atom. The lowest BCUT2D eigenvalue weighted by Crippen LogP contribution is -2.38. The van der Waals surface area contributed by atoms with Gasteiger partial charge >= 0.3 is 0 Å². The summed E-state index contributed by atoms with van der Waals surface area (Å²) in [6.45, 7) is 4.41. The second kappa shape index (κ2) is 9.73. The van der Waals surface area contributed by atoms with Crippen molar-refractivity contribution in [2.24, 2.45) is 0 Å². The van der Waals surface area contributed by atoms with Gasteiger partial charge in [-0.25, -0.2) is 4.98 Å². The van der Waals surface area contributed by atoms with Gasteiger partial charge in [0.25, 0.3) is 5.91 Å². The lowest BCUT2D eigenvalue weighted by Gasteiger charge is -2.22. The van der Waals surface area contributed by atoms with Gasteiger partial charge in [0.05, 0.1) is 12.8 Å². The number of nitrogens with one attached hydrogen (secondary N) is 1. The van der Waals surface area contributed by atoms with Gasteiger partial charge in [-0.1, -0.05) is 26.0 Å². The predicted octanol–water partition coefficient (Wildman–Crippen LogP) is 3.67. The van der Waals surface area contributed by atoms with E-state index in [9.17, 15) is 9.59 Å². The maximum Gasteiger partial charge on any atom is 0.260 e. The van der Waals surface area contributed by atoms with Gasteiger partial charge in [-0.15, -0.1) is 11.3 Å². The number of para-hydroxylation sites is 2. The van der Waals surface area contributed by atoms with Crippen LogP contribution in [0, 0.1) is 0 Å². The normalized spacial score (nSPS) is 13.2. The molecule has 1 fully saturated rings. The van der Waals surface area contributed by atoms with Crippen molar-refractivity contribution in [2.75, 3.05) is 25.6 Å². The van der Waals surface area contributed by atoms with Gasteiger partial charge in [-0.05, 0) is 30.9 Å². The van der Waals surface area contributed by atoms with E-state index in [2.05, 4.69) is 24.1 Å². The van der Waals surface area contributed by atoms with Gasteiger partial charge in [-0.3, -0.25) is 9.59 Å². The van der Waals surface area contributed by atoms with Gasteiger partial charge in [0.15, 0.2) is 23.2 Å². The summed E-state index contributed by atoms with van der Waals surface area (Å²) in [6, 6.07) is 7.42. The zero-order valence-electron chi connectivity index (χ0n) is 17.0. The summed E-state index contributed by atoms with van der Waals surface area (Å²) in [5.74, 6) is 1.17. The van der Waals surface area contributed by atoms with Crippen molar-refractivity contribution in [3.8, 4) is 11.5 Å². The highest BCUT2D eigenvalue weighted by molar-refractivity contribution is 7.13. The smallest absolute Gasteiger partial charge is 0.260 e. The Hall–Kier alpha value is -2.61. The van der Waals surface area contributed by atoms with Crippen molar-refractivity contribution in [3.05, 3.63) is 35.3 Å². The summed E-state index contributed by atoms with van der Waals surface area (Å²) in [7, 11) is 1.56. The molecule has 1 aliphatic carbocycles. The molecule has 1 heterocycles. The van der Waals surface area contributed by atoms with Crippen molar-refractivity contribution in [1.29, 1.82) is 0 Å². The van der Waals surface area contributed by atoms with E-state index >= 15 is 0 Å². The number of carbonyl (C=O) groups excluding carboxylic acids is 2. The molecule has 0 atom stereocenters. The van der Waals surface area contributed by atoms with Gasteiger partial charge in [-0.2, -0.15) is 0 Å². The molecular weight excluding hydrogens is 390 g/mol. The number of amides is 2. The molecule has 156 valence electrons. The van der Waals surface area contributed by atoms with Crippen LogP contribution in [0.15, 0.2) is 29.6 Å². The average Bonchev–Trinajstić information content (AvgIpc) is 3.44. The van der Waals surface area contributed by atoms with E-state index in [0.29, 0.717) is 29.1 Å². The molecule has 1 N–H and O–H groups in total. The summed E-state index contributed by atoms with van der Waals surface area (Å²) in [5, 5.41) is 5.38. The third-order valence-electron chi connectivity index (χ3n) is 4.67. The number of hydrogen-bond acceptors (Lipinski definition) is 6. The Kier molecular flexibility index (Phi) is 7.09. The van der Waals surface area contributed by atoms with Crippen LogP contribution in [0.3, 0.4) is 0 Å². The Bertz CT molecular complexity index is 848. The van der Waals surface area contributed by atoms with Crippen LogP contribution in [-0.4, -0.2) is 48.0 Å². The lowest BCUT2D eigenvalue weighted by atomic mass is 10.2. The van der Waals surface area contributed by atoms with E-state index in [1.807, 2.05) is 17.5 Å². The minimum Gasteiger partial charge on any atom is -0.493 e. The van der Waals surface area contributed by atoms with Crippen LogP contribution in [0.2, 0.25) is 0 Å². The quantitative estimate of drug-likeness (QED) is 0.638. The third kappa shape index (κ3) is 5.93. The second-order valence-corrected chi connectivity index (χ2v) is 8.15. The largest absolute Gasteiger partial charge is 0.493 e. The third-order valence-corrected chi connectivity index (χ3v) is 5.44. The summed E-state index contributed by atoms with van der Waals surface area (Å²) in [4.78, 5) is 31.1. The highest BCUT2D eigenvalue weighted by Crippen LogP contribution is 2.29. The number of anilines is 1. The summed E-state index contributed by atoms with van der Waals surface area (Å²) < 4.78 is 10.9. The molecule has 0 spiro atoms. The topological polar surface area (TPSA) is 80.8 Å². The maximum absolute atomic E-state index is 12.7. The Balaban J connectivity index is 1.50. The molecule has 8 heteroatoms. The van der Waals surface area contributed by atoms with Crippen LogP contribution in [-0.2, 0) is 9.59 Å². The number of nitrogens with zero attached hydrogens (tertiary/aromatic N) is 2. The molecule has 1 saturated carbocycles. The monoisotopic (exact) mass is 417 g/mol. The standard InChI is InChI=1S/C21H27N3O4S/c1-14(2)16-13-29-21(22-16)23-19(25)10-11-24(15-8-9-15)20(26)12-28-18-7-5-4-6-17(18)27-3/h4-7,13-15H,8-12H2,1-3H3,(H,22,23,25). The molecule has 2 aromatic rings. The van der Waals surface area contributed by atoms with Crippen LogP contribution >= 0.6 is 11.3 Å². The number of hydrogen-bond donors (Lipinski definition) is 1. The number of thiazole rings is 1. The first-order chi connectivity index (χ1) is 14.0. The molecule has 29 heavy (non-hydrogen) atoms. The fourth-order valence-corrected chi connectivity index (χ4v) is 3.76. The highest BCUT2D eigenvalue weighted by Gasteiger charge is 2.33. The average molecular weight is 418 g/mol. The minimum atomic E-state index is -0.140. The molecule has 1 aromatic heterocycles. The van der Waals surface area contributed by atoms with Crippen LogP contribution in [0.5, 0.6) is 11.5 Å². The molecule has 7 nitrogen and oxygen atoms in total. The number of rotatable bonds is 10. The molecular formula is C21H27N3O4S. The van der Waals surface area contributed by atoms with E-state index in [1.165, 1.54) is 11.3 Å². The first-order valence-corrected chi connectivity index (χ1v) is 10.7. The number of benzene rings is 1. The van der Waals surface area contributed by atoms with Crippen molar-refractivity contribution in [1.82, 2.24) is 9.88 Å². The minimum absolute atomic E-state index is 0.0806. The molecule has 0 aliphatic heterocycles. The van der Waals surface area contributed by atoms with Gasteiger partial charge in [0.2, 0.25) is 5.91 Å². The molecule has 0 unspecified atom stereocenters. The molecule has 1 aromatic carbocycles. The molecule has 2 amide bonds. The fourth-order valence-electron chi connectivity index (χ4n) is 2.87. The molecule has 0 bridgehead atoms. The Morgan fingerprint density at radius 3 is 2.62 bits per heavy atom. The van der Waals surface area contributed by atoms with E-state index in [4.69, 9.17) is 9.47 Å². The Morgan fingerprint density at radius 2 is 2.00 bits per heavy atom. The van der Waals surface area contributed by atoms with Crippen LogP contribution < -0.4 is 14.8 Å². The Labute approximate surface area is 175 Å². The zero-order valence-corrected chi connectivity index (χ0v) is 17.8. The van der Waals surface area contributed by atoms with Gasteiger partial charge < -0.3 is 19.7 Å². The zero-order chi connectivity index (χ0) is 20.8. The van der Waals surface area contributed by atoms with E-state index in [1.54, 1.807) is 24.1 Å². The first kappa shape index (κ1) is 21.1. The predicted molar refractivity (Wildman–Crippen MR) is 113 cm³/mol. The van der Waals surface area contributed by atoms with Crippen molar-refractivity contribution >= 4 is 28.3 Å². The number of ether oxygens (including phenoxy) is 2. The molecule has 1 aliphatic rings. The van der Waals surface area contributed by atoms with Crippen LogP contribution in [0.25, 0.3) is 0 Å². The SMILES string of the molecule is COc1ccccc1OCC(=O)N(CCC(=O)Nc1nc(C(C)C)cs1)C1CC1. The summed E-state index contributed by atoms with van der Waals surface area (Å²) in [6.07, 6.45) is 2.16. The van der Waals surface area contributed by atoms with E-state index in [0.717, 1.165) is 18.5 Å². The van der Waals surface area contributed by atoms with Crippen molar-refractivity contribution in [3.63, 3.8) is 0 Å². The lowest BCUT2D eigenvalue weighted by molar-refractivity contribution is -0.134. The van der Waals surface area contributed by atoms with Crippen LogP contribution in [0.1, 0.15) is 44.7 Å². The molecule has 0 radical (unpaired) electrons. The number of aromatic nitrogens is 1. The van der Waals surface area contributed by atoms with Crippen LogP contribution in [0.4, 0.5) is 5.13 Å². The molecule has 3 rings (SSSR count).